The van der Waals surface area contributed by atoms with E-state index in [4.69, 9.17) is 0 Å². The van der Waals surface area contributed by atoms with E-state index < -0.39 is 0 Å². The molecule has 0 fully saturated rings. The molecule has 49 heavy (non-hydrogen) atoms. The third kappa shape index (κ3) is 12.7. The number of nitrogens with zero attached hydrogens (tertiary/aromatic N) is 1. The molecule has 0 heterocycles. The molecule has 0 atom stereocenters. The molecule has 270 valence electrons. The summed E-state index contributed by atoms with van der Waals surface area (Å²) >= 11 is 0. The molecule has 3 rings (SSSR count). The molecule has 0 saturated heterocycles. The van der Waals surface area contributed by atoms with Gasteiger partial charge in [-0.05, 0) is 169 Å². The lowest BCUT2D eigenvalue weighted by Crippen LogP contribution is -2.41. The summed E-state index contributed by atoms with van der Waals surface area (Å²) in [6.07, 6.45) is 10.4. The fourth-order valence-electron chi connectivity index (χ4n) is 5.53. The number of nitrogens with one attached hydrogen (secondary N) is 1. The van der Waals surface area contributed by atoms with Crippen LogP contribution >= 0.6 is 8.35 Å². The molecule has 0 saturated carbocycles. The van der Waals surface area contributed by atoms with E-state index in [1.165, 1.54) is 58.5 Å². The molecule has 1 amide bonds. The van der Waals surface area contributed by atoms with Gasteiger partial charge in [0, 0.05) is 16.7 Å². The molecule has 0 aromatic heterocycles. The van der Waals surface area contributed by atoms with Crippen molar-refractivity contribution >= 4 is 26.1 Å². The van der Waals surface area contributed by atoms with E-state index >= 15 is 0 Å². The smallest absolute Gasteiger partial charge is 0.252 e. The molecule has 3 nitrogen and oxygen atoms in total. The van der Waals surface area contributed by atoms with E-state index in [-0.39, 0.29) is 17.0 Å². The van der Waals surface area contributed by atoms with E-state index in [9.17, 15) is 4.79 Å². The fourth-order valence-corrected chi connectivity index (χ4v) is 6.39. The molecule has 4 heteroatoms. The second-order valence-electron chi connectivity index (χ2n) is 15.4. The Balaban J connectivity index is 0.000000467. The maximum absolute atomic E-state index is 12.7. The first kappa shape index (κ1) is 44.0. The predicted molar refractivity (Wildman–Crippen MR) is 223 cm³/mol. The highest BCUT2D eigenvalue weighted by Crippen LogP contribution is 2.38. The number of rotatable bonds is 9. The zero-order chi connectivity index (χ0) is 37.9. The molecule has 0 aromatic rings. The van der Waals surface area contributed by atoms with Crippen LogP contribution in [0, 0.1) is 12.8 Å². The molecule has 0 spiro atoms. The van der Waals surface area contributed by atoms with E-state index in [2.05, 4.69) is 142 Å². The SMILES string of the molecule is C=Cc1cc(C=PN(C)C(C)(C)C)c2cc(C(C)C)ccc(C)c1-2.CC.CC/C=C(\C=C1\C(C(=O)NC(C)(C)C)=CC(C)=C1CC)C(C)C. The zero-order valence-corrected chi connectivity index (χ0v) is 35.2. The number of aryl methyl sites for hydroxylation is 1. The molecule has 0 radical (unpaired) electrons. The van der Waals surface area contributed by atoms with Gasteiger partial charge in [0.05, 0.1) is 0 Å². The van der Waals surface area contributed by atoms with E-state index in [1.54, 1.807) is 0 Å². The van der Waals surface area contributed by atoms with Gasteiger partial charge in [-0.25, -0.2) is 0 Å². The largest absolute Gasteiger partial charge is 0.347 e. The second-order valence-corrected chi connectivity index (χ2v) is 16.5. The summed E-state index contributed by atoms with van der Waals surface area (Å²) in [4.78, 5) is 12.7. The molecule has 0 unspecified atom stereocenters. The van der Waals surface area contributed by atoms with Gasteiger partial charge in [0.2, 0.25) is 0 Å². The van der Waals surface area contributed by atoms with Gasteiger partial charge in [0.15, 0.2) is 0 Å². The van der Waals surface area contributed by atoms with Crippen LogP contribution in [-0.2, 0) is 4.79 Å². The minimum Gasteiger partial charge on any atom is -0.347 e. The van der Waals surface area contributed by atoms with Crippen LogP contribution < -0.4 is 5.32 Å². The van der Waals surface area contributed by atoms with Crippen LogP contribution in [0.4, 0.5) is 0 Å². The van der Waals surface area contributed by atoms with Crippen molar-refractivity contribution in [2.24, 2.45) is 5.92 Å². The lowest BCUT2D eigenvalue weighted by atomic mass is 9.92. The predicted octanol–water partition coefficient (Wildman–Crippen LogP) is 13.1. The number of carbonyl (C=O) groups excluding carboxylic acids is 1. The lowest BCUT2D eigenvalue weighted by molar-refractivity contribution is -0.118. The minimum atomic E-state index is -0.230. The average Bonchev–Trinajstić information content (AvgIpc) is 3.46. The summed E-state index contributed by atoms with van der Waals surface area (Å²) in [7, 11) is 3.38. The lowest BCUT2D eigenvalue weighted by Gasteiger charge is -2.27. The molecule has 0 bridgehead atoms. The number of allylic oxidation sites excluding steroid dienone is 6. The Kier molecular flexibility index (Phi) is 17.4. The van der Waals surface area contributed by atoms with Crippen LogP contribution in [0.2, 0.25) is 0 Å². The van der Waals surface area contributed by atoms with Crippen LogP contribution in [0.1, 0.15) is 145 Å². The third-order valence-corrected chi connectivity index (χ3v) is 9.93. The van der Waals surface area contributed by atoms with Crippen molar-refractivity contribution in [3.05, 3.63) is 99.2 Å². The molecule has 3 aliphatic carbocycles. The summed E-state index contributed by atoms with van der Waals surface area (Å²) in [6, 6.07) is 9.14. The quantitative estimate of drug-likeness (QED) is 0.267. The topological polar surface area (TPSA) is 32.3 Å². The van der Waals surface area contributed by atoms with Gasteiger partial charge < -0.3 is 5.32 Å². The summed E-state index contributed by atoms with van der Waals surface area (Å²) in [5.74, 6) is 3.31. The standard InChI is InChI=1S/C22H30NP.C21H33NO.C2H6/c1-9-17-12-19(14-24-23(8)22(5,6)7)20-13-18(15(2)3)11-10-16(4)21(17)20;1-9-11-16(14(3)4)13-18-17(10-2)15(5)12-19(18)20(23)22-21(6,7)8;1-2/h9-15H,1H2,2-8H3;11-14H,9-10H2,1-8H3,(H,22,23);1-2H3/b;16-11+,18-13+;. The first-order valence-electron chi connectivity index (χ1n) is 18.4. The van der Waals surface area contributed by atoms with Crippen molar-refractivity contribution in [3.63, 3.8) is 0 Å². The van der Waals surface area contributed by atoms with Gasteiger partial charge in [-0.15, -0.1) is 0 Å². The summed E-state index contributed by atoms with van der Waals surface area (Å²) in [6.45, 7) is 38.3. The molecular weight excluding hydrogens is 615 g/mol. The number of carbonyl (C=O) groups is 1. The number of amides is 1. The second kappa shape index (κ2) is 19.4. The van der Waals surface area contributed by atoms with Gasteiger partial charge in [-0.3, -0.25) is 9.46 Å². The van der Waals surface area contributed by atoms with Gasteiger partial charge >= 0.3 is 0 Å². The normalized spacial score (nSPS) is 14.8. The van der Waals surface area contributed by atoms with E-state index in [1.807, 2.05) is 46.8 Å². The molecule has 0 aliphatic heterocycles. The van der Waals surface area contributed by atoms with Crippen LogP contribution in [0.3, 0.4) is 0 Å². The minimum absolute atomic E-state index is 0.0196. The highest BCUT2D eigenvalue weighted by Gasteiger charge is 2.26. The summed E-state index contributed by atoms with van der Waals surface area (Å²) in [5.41, 5.74) is 13.5. The van der Waals surface area contributed by atoms with Gasteiger partial charge in [-0.2, -0.15) is 0 Å². The Morgan fingerprint density at radius 3 is 2.06 bits per heavy atom. The summed E-state index contributed by atoms with van der Waals surface area (Å²) < 4.78 is 2.35. The van der Waals surface area contributed by atoms with Crippen molar-refractivity contribution in [1.82, 2.24) is 9.99 Å². The van der Waals surface area contributed by atoms with Gasteiger partial charge in [-0.1, -0.05) is 98.4 Å². The molecule has 1 N–H and O–H groups in total. The fraction of sp³-hybridized carbons (Fsp3) is 0.511. The van der Waals surface area contributed by atoms with Crippen LogP contribution in [0.5, 0.6) is 0 Å². The zero-order valence-electron chi connectivity index (χ0n) is 34.3. The van der Waals surface area contributed by atoms with Crippen molar-refractivity contribution in [3.8, 4) is 11.1 Å². The highest BCUT2D eigenvalue weighted by atomic mass is 31.1. The number of fused-ring (bicyclic) bond motifs is 1. The first-order chi connectivity index (χ1) is 22.7. The van der Waals surface area contributed by atoms with Crippen molar-refractivity contribution in [2.75, 3.05) is 7.05 Å². The maximum Gasteiger partial charge on any atom is 0.252 e. The van der Waals surface area contributed by atoms with Gasteiger partial charge in [0.1, 0.15) is 0 Å². The Labute approximate surface area is 303 Å². The number of hydrogen-bond acceptors (Lipinski definition) is 2. The summed E-state index contributed by atoms with van der Waals surface area (Å²) in [5, 5.41) is 3.10. The maximum atomic E-state index is 12.7. The molecular formula is C45H69N2OP. The third-order valence-electron chi connectivity index (χ3n) is 8.59. The Bertz CT molecular complexity index is 1550. The van der Waals surface area contributed by atoms with Crippen LogP contribution in [-0.4, -0.2) is 34.5 Å². The van der Waals surface area contributed by atoms with Crippen molar-refractivity contribution in [2.45, 2.75) is 141 Å². The Morgan fingerprint density at radius 1 is 0.980 bits per heavy atom. The van der Waals surface area contributed by atoms with Crippen molar-refractivity contribution < 1.29 is 4.79 Å². The van der Waals surface area contributed by atoms with Gasteiger partial charge in [0.25, 0.3) is 5.91 Å². The molecule has 3 aliphatic rings. The average molecular weight is 685 g/mol. The van der Waals surface area contributed by atoms with Crippen LogP contribution in [0.25, 0.3) is 17.2 Å². The first-order valence-corrected chi connectivity index (χ1v) is 19.3. The Morgan fingerprint density at radius 2 is 1.59 bits per heavy atom. The van der Waals surface area contributed by atoms with Crippen molar-refractivity contribution in [1.29, 1.82) is 0 Å². The number of hydrogen-bond donors (Lipinski definition) is 1. The van der Waals surface area contributed by atoms with E-state index in [0.717, 1.165) is 24.0 Å². The highest BCUT2D eigenvalue weighted by molar-refractivity contribution is 7.36. The Hall–Kier alpha value is -3.00. The molecule has 0 aromatic carbocycles. The monoisotopic (exact) mass is 685 g/mol. The van der Waals surface area contributed by atoms with Crippen LogP contribution in [0.15, 0.2) is 76.9 Å². The van der Waals surface area contributed by atoms with E-state index in [0.29, 0.717) is 11.8 Å².